The van der Waals surface area contributed by atoms with Crippen LogP contribution in [0.15, 0.2) is 84.9 Å². The zero-order valence-electron chi connectivity index (χ0n) is 13.7. The fourth-order valence-electron chi connectivity index (χ4n) is 2.97. The summed E-state index contributed by atoms with van der Waals surface area (Å²) in [4.78, 5) is 0. The van der Waals surface area contributed by atoms with E-state index in [1.54, 1.807) is 0 Å². The predicted octanol–water partition coefficient (Wildman–Crippen LogP) is 4.21. The van der Waals surface area contributed by atoms with Crippen molar-refractivity contribution in [3.8, 4) is 0 Å². The third-order valence-electron chi connectivity index (χ3n) is 4.21. The van der Waals surface area contributed by atoms with E-state index in [0.29, 0.717) is 15.0 Å². The first-order valence-corrected chi connectivity index (χ1v) is 10.7. The summed E-state index contributed by atoms with van der Waals surface area (Å²) >= 11 is 6.21. The van der Waals surface area contributed by atoms with Crippen molar-refractivity contribution < 1.29 is 0 Å². The molecule has 124 valence electrons. The summed E-state index contributed by atoms with van der Waals surface area (Å²) in [5.41, 5.74) is 4.66. The molecule has 0 saturated carbocycles. The first-order chi connectivity index (χ1) is 12.3. The fourth-order valence-corrected chi connectivity index (χ4v) is 5.35. The van der Waals surface area contributed by atoms with E-state index < -0.39 is 0 Å². The molecule has 0 bridgehead atoms. The van der Waals surface area contributed by atoms with E-state index in [9.17, 15) is 0 Å². The molecule has 0 unspecified atom stereocenters. The second kappa shape index (κ2) is 7.40. The molecular formula is C21H18N2SSe. The minimum absolute atomic E-state index is 0.362. The first-order valence-electron chi connectivity index (χ1n) is 8.23. The second-order valence-corrected chi connectivity index (χ2v) is 8.36. The molecule has 0 atom stereocenters. The van der Waals surface area contributed by atoms with Gasteiger partial charge in [-0.15, -0.1) is 0 Å². The van der Waals surface area contributed by atoms with Crippen LogP contribution < -0.4 is 4.46 Å². The van der Waals surface area contributed by atoms with Gasteiger partial charge in [-0.1, -0.05) is 0 Å². The summed E-state index contributed by atoms with van der Waals surface area (Å²) < 4.78 is 6.85. The molecule has 0 spiro atoms. The Hall–Kier alpha value is -2.13. The predicted molar refractivity (Wildman–Crippen MR) is 108 cm³/mol. The number of benzene rings is 3. The van der Waals surface area contributed by atoms with Crippen molar-refractivity contribution in [1.82, 2.24) is 9.13 Å². The van der Waals surface area contributed by atoms with Gasteiger partial charge in [0.15, 0.2) is 0 Å². The zero-order chi connectivity index (χ0) is 17.1. The Morgan fingerprint density at radius 2 is 1.24 bits per heavy atom. The molecule has 1 heterocycles. The quantitative estimate of drug-likeness (QED) is 0.355. The molecule has 0 amide bonds. The average molecular weight is 409 g/mol. The van der Waals surface area contributed by atoms with Crippen LogP contribution in [0.2, 0.25) is 0 Å². The topological polar surface area (TPSA) is 9.86 Å². The van der Waals surface area contributed by atoms with Crippen LogP contribution in [0.4, 0.5) is 0 Å². The molecule has 0 fully saturated rings. The molecule has 0 aliphatic heterocycles. The number of rotatable bonds is 5. The van der Waals surface area contributed by atoms with Gasteiger partial charge in [0.25, 0.3) is 0 Å². The Labute approximate surface area is 158 Å². The van der Waals surface area contributed by atoms with Gasteiger partial charge < -0.3 is 0 Å². The number of nitrogens with zero attached hydrogens (tertiary/aromatic N) is 2. The van der Waals surface area contributed by atoms with Crippen molar-refractivity contribution in [2.24, 2.45) is 0 Å². The molecule has 0 radical (unpaired) electrons. The Kier molecular flexibility index (Phi) is 4.84. The van der Waals surface area contributed by atoms with Gasteiger partial charge in [-0.2, -0.15) is 0 Å². The number of aromatic nitrogens is 2. The van der Waals surface area contributed by atoms with Crippen molar-refractivity contribution in [2.75, 3.05) is 0 Å². The number of para-hydroxylation sites is 2. The Morgan fingerprint density at radius 1 is 0.680 bits per heavy atom. The molecule has 0 N–H and O–H groups in total. The Morgan fingerprint density at radius 3 is 1.92 bits per heavy atom. The van der Waals surface area contributed by atoms with Gasteiger partial charge in [0.2, 0.25) is 0 Å². The van der Waals surface area contributed by atoms with Gasteiger partial charge >= 0.3 is 159 Å². The third kappa shape index (κ3) is 3.47. The van der Waals surface area contributed by atoms with Gasteiger partial charge in [-0.25, -0.2) is 0 Å². The van der Waals surface area contributed by atoms with E-state index in [0.717, 1.165) is 16.8 Å². The number of imidazole rings is 1. The van der Waals surface area contributed by atoms with Crippen LogP contribution in [0.1, 0.15) is 5.56 Å². The summed E-state index contributed by atoms with van der Waals surface area (Å²) in [6.45, 7) is 0.811. The molecule has 0 aliphatic rings. The number of hydrogen-bond acceptors (Lipinski definition) is 1. The van der Waals surface area contributed by atoms with Gasteiger partial charge in [-0.05, 0) is 0 Å². The van der Waals surface area contributed by atoms with Gasteiger partial charge in [0.05, 0.1) is 0 Å². The summed E-state index contributed by atoms with van der Waals surface area (Å²) in [5, 5.41) is 0. The van der Waals surface area contributed by atoms with Crippen LogP contribution in [0, 0.1) is 4.77 Å². The molecule has 0 saturated heterocycles. The minimum atomic E-state index is 0.362. The third-order valence-corrected chi connectivity index (χ3v) is 6.74. The molecule has 4 rings (SSSR count). The van der Waals surface area contributed by atoms with Gasteiger partial charge in [0, 0.05) is 0 Å². The maximum atomic E-state index is 5.84. The Bertz CT molecular complexity index is 1040. The molecule has 1 aromatic heterocycles. The second-order valence-electron chi connectivity index (χ2n) is 5.86. The molecule has 25 heavy (non-hydrogen) atoms. The normalized spacial score (nSPS) is 11.0. The van der Waals surface area contributed by atoms with Crippen LogP contribution >= 0.6 is 12.2 Å². The monoisotopic (exact) mass is 410 g/mol. The molecule has 4 aromatic rings. The van der Waals surface area contributed by atoms with Crippen molar-refractivity contribution in [3.63, 3.8) is 0 Å². The van der Waals surface area contributed by atoms with Crippen LogP contribution in [0.25, 0.3) is 11.0 Å². The van der Waals surface area contributed by atoms with Crippen LogP contribution in [-0.2, 0) is 12.0 Å². The maximum absolute atomic E-state index is 5.84. The van der Waals surface area contributed by atoms with E-state index in [1.807, 2.05) is 0 Å². The zero-order valence-corrected chi connectivity index (χ0v) is 16.2. The van der Waals surface area contributed by atoms with Crippen molar-refractivity contribution in [3.05, 3.63) is 95.3 Å². The van der Waals surface area contributed by atoms with Gasteiger partial charge in [-0.3, -0.25) is 0 Å². The Balaban J connectivity index is 1.72. The standard InChI is InChI=1S/C21H18N2SSe/c24-21-22(15-17-9-3-1-4-10-17)19-13-7-8-14-20(19)23(21)16-25-18-11-5-2-6-12-18/h1-14H,15-16H2. The molecular weight excluding hydrogens is 391 g/mol. The van der Waals surface area contributed by atoms with Crippen molar-refractivity contribution in [2.45, 2.75) is 12.0 Å². The molecule has 4 heteroatoms. The van der Waals surface area contributed by atoms with Crippen LogP contribution in [0.3, 0.4) is 0 Å². The molecule has 0 aliphatic carbocycles. The van der Waals surface area contributed by atoms with Gasteiger partial charge in [0.1, 0.15) is 0 Å². The SMILES string of the molecule is S=c1n(C[Se]c2ccccc2)c2ccccc2n1Cc1ccccc1. The summed E-state index contributed by atoms with van der Waals surface area (Å²) in [7, 11) is 0. The van der Waals surface area contributed by atoms with Crippen molar-refractivity contribution in [1.29, 1.82) is 0 Å². The number of hydrogen-bond donors (Lipinski definition) is 0. The summed E-state index contributed by atoms with van der Waals surface area (Å²) in [6, 6.07) is 29.7. The fraction of sp³-hybridized carbons (Fsp3) is 0.0952. The van der Waals surface area contributed by atoms with E-state index in [4.69, 9.17) is 12.2 Å². The van der Waals surface area contributed by atoms with E-state index in [1.165, 1.54) is 21.1 Å². The van der Waals surface area contributed by atoms with E-state index >= 15 is 0 Å². The van der Waals surface area contributed by atoms with E-state index in [2.05, 4.69) is 94.1 Å². The summed E-state index contributed by atoms with van der Waals surface area (Å²) in [6.07, 6.45) is 0. The van der Waals surface area contributed by atoms with Crippen LogP contribution in [-0.4, -0.2) is 24.1 Å². The molecule has 3 aromatic carbocycles. The number of fused-ring (bicyclic) bond motifs is 1. The van der Waals surface area contributed by atoms with Crippen LogP contribution in [0.5, 0.6) is 0 Å². The van der Waals surface area contributed by atoms with E-state index in [-0.39, 0.29) is 0 Å². The van der Waals surface area contributed by atoms with Crippen molar-refractivity contribution >= 4 is 42.7 Å². The summed E-state index contributed by atoms with van der Waals surface area (Å²) in [5.74, 6) is 0. The first kappa shape index (κ1) is 16.3. The average Bonchev–Trinajstić information content (AvgIpc) is 2.93. The molecule has 2 nitrogen and oxygen atoms in total.